The van der Waals surface area contributed by atoms with Gasteiger partial charge in [-0.3, -0.25) is 0 Å². The topological polar surface area (TPSA) is 24.1 Å². The SMILES string of the molecule is Clc1cccc(-c2cc(NC3CCNC3)cs2)c1. The van der Waals surface area contributed by atoms with Crippen molar-refractivity contribution in [3.8, 4) is 10.4 Å². The van der Waals surface area contributed by atoms with Gasteiger partial charge in [0.2, 0.25) is 0 Å². The molecule has 1 aliphatic heterocycles. The lowest BCUT2D eigenvalue weighted by Crippen LogP contribution is -2.21. The van der Waals surface area contributed by atoms with E-state index in [0.29, 0.717) is 6.04 Å². The van der Waals surface area contributed by atoms with Gasteiger partial charge < -0.3 is 10.6 Å². The summed E-state index contributed by atoms with van der Waals surface area (Å²) in [6.45, 7) is 2.17. The number of hydrogen-bond donors (Lipinski definition) is 2. The van der Waals surface area contributed by atoms with Crippen molar-refractivity contribution in [3.05, 3.63) is 40.7 Å². The smallest absolute Gasteiger partial charge is 0.0457 e. The van der Waals surface area contributed by atoms with E-state index in [-0.39, 0.29) is 0 Å². The Labute approximate surface area is 116 Å². The van der Waals surface area contributed by atoms with E-state index in [9.17, 15) is 0 Å². The van der Waals surface area contributed by atoms with Crippen LogP contribution in [0.25, 0.3) is 10.4 Å². The minimum Gasteiger partial charge on any atom is -0.380 e. The molecule has 4 heteroatoms. The average Bonchev–Trinajstić information content (AvgIpc) is 3.01. The van der Waals surface area contributed by atoms with Gasteiger partial charge in [-0.2, -0.15) is 0 Å². The van der Waals surface area contributed by atoms with Crippen LogP contribution in [-0.4, -0.2) is 19.1 Å². The Morgan fingerprint density at radius 3 is 3.06 bits per heavy atom. The Hall–Kier alpha value is -1.03. The highest BCUT2D eigenvalue weighted by molar-refractivity contribution is 7.14. The van der Waals surface area contributed by atoms with Gasteiger partial charge in [0, 0.05) is 33.6 Å². The molecule has 2 nitrogen and oxygen atoms in total. The number of hydrogen-bond acceptors (Lipinski definition) is 3. The first kappa shape index (κ1) is 12.0. The van der Waals surface area contributed by atoms with E-state index < -0.39 is 0 Å². The molecule has 1 atom stereocenters. The molecule has 2 heterocycles. The fourth-order valence-electron chi connectivity index (χ4n) is 2.22. The molecule has 0 saturated carbocycles. The number of nitrogens with one attached hydrogen (secondary N) is 2. The molecule has 94 valence electrons. The molecule has 0 radical (unpaired) electrons. The molecule has 1 saturated heterocycles. The van der Waals surface area contributed by atoms with E-state index in [1.54, 1.807) is 11.3 Å². The van der Waals surface area contributed by atoms with Crippen LogP contribution in [0.3, 0.4) is 0 Å². The first-order chi connectivity index (χ1) is 8.81. The van der Waals surface area contributed by atoms with E-state index in [1.807, 2.05) is 18.2 Å². The van der Waals surface area contributed by atoms with E-state index in [4.69, 9.17) is 11.6 Å². The maximum Gasteiger partial charge on any atom is 0.0457 e. The monoisotopic (exact) mass is 278 g/mol. The average molecular weight is 279 g/mol. The maximum absolute atomic E-state index is 6.02. The molecule has 0 bridgehead atoms. The standard InChI is InChI=1S/C14H15ClN2S/c15-11-3-1-2-10(6-11)14-7-13(9-18-14)17-12-4-5-16-8-12/h1-3,6-7,9,12,16-17H,4-5,8H2. The lowest BCUT2D eigenvalue weighted by Gasteiger charge is -2.10. The van der Waals surface area contributed by atoms with Crippen LogP contribution in [0.1, 0.15) is 6.42 Å². The molecular weight excluding hydrogens is 264 g/mol. The molecule has 2 aromatic rings. The molecule has 0 aliphatic carbocycles. The molecule has 0 amide bonds. The minimum absolute atomic E-state index is 0.562. The second kappa shape index (κ2) is 5.31. The summed E-state index contributed by atoms with van der Waals surface area (Å²) in [5.41, 5.74) is 2.40. The van der Waals surface area contributed by atoms with Crippen LogP contribution in [0.4, 0.5) is 5.69 Å². The Morgan fingerprint density at radius 2 is 2.28 bits per heavy atom. The Morgan fingerprint density at radius 1 is 1.33 bits per heavy atom. The van der Waals surface area contributed by atoms with Crippen LogP contribution >= 0.6 is 22.9 Å². The van der Waals surface area contributed by atoms with Crippen molar-refractivity contribution in [1.29, 1.82) is 0 Å². The van der Waals surface area contributed by atoms with Crippen LogP contribution < -0.4 is 10.6 Å². The molecule has 1 unspecified atom stereocenters. The van der Waals surface area contributed by atoms with Gasteiger partial charge in [-0.25, -0.2) is 0 Å². The van der Waals surface area contributed by atoms with Crippen molar-refractivity contribution in [2.75, 3.05) is 18.4 Å². The highest BCUT2D eigenvalue weighted by Crippen LogP contribution is 2.31. The number of thiophene rings is 1. The largest absolute Gasteiger partial charge is 0.380 e. The third-order valence-electron chi connectivity index (χ3n) is 3.14. The zero-order chi connectivity index (χ0) is 12.4. The first-order valence-electron chi connectivity index (χ1n) is 6.13. The molecule has 1 aliphatic rings. The van der Waals surface area contributed by atoms with Gasteiger partial charge in [-0.05, 0) is 36.7 Å². The first-order valence-corrected chi connectivity index (χ1v) is 7.39. The molecule has 18 heavy (non-hydrogen) atoms. The van der Waals surface area contributed by atoms with Crippen LogP contribution in [-0.2, 0) is 0 Å². The third kappa shape index (κ3) is 2.69. The summed E-state index contributed by atoms with van der Waals surface area (Å²) in [6, 6.07) is 10.8. The molecule has 1 aromatic carbocycles. The summed E-state index contributed by atoms with van der Waals surface area (Å²) in [7, 11) is 0. The zero-order valence-electron chi connectivity index (χ0n) is 9.95. The summed E-state index contributed by atoms with van der Waals surface area (Å²) in [5.74, 6) is 0. The normalized spacial score (nSPS) is 19.1. The van der Waals surface area contributed by atoms with Crippen LogP contribution in [0.15, 0.2) is 35.7 Å². The fraction of sp³-hybridized carbons (Fsp3) is 0.286. The van der Waals surface area contributed by atoms with Gasteiger partial charge in [0.1, 0.15) is 0 Å². The highest BCUT2D eigenvalue weighted by Gasteiger charge is 2.14. The highest BCUT2D eigenvalue weighted by atomic mass is 35.5. The molecule has 3 rings (SSSR count). The number of anilines is 1. The third-order valence-corrected chi connectivity index (χ3v) is 4.35. The Balaban J connectivity index is 1.76. The zero-order valence-corrected chi connectivity index (χ0v) is 11.5. The van der Waals surface area contributed by atoms with Crippen molar-refractivity contribution >= 4 is 28.6 Å². The predicted octanol–water partition coefficient (Wildman–Crippen LogP) is 3.84. The van der Waals surface area contributed by atoms with Crippen LogP contribution in [0.2, 0.25) is 5.02 Å². The lowest BCUT2D eigenvalue weighted by molar-refractivity contribution is 0.794. The summed E-state index contributed by atoms with van der Waals surface area (Å²) in [4.78, 5) is 1.26. The van der Waals surface area contributed by atoms with Crippen molar-refractivity contribution < 1.29 is 0 Å². The Kier molecular flexibility index (Phi) is 3.55. The van der Waals surface area contributed by atoms with Crippen molar-refractivity contribution in [2.24, 2.45) is 0 Å². The van der Waals surface area contributed by atoms with Crippen LogP contribution in [0, 0.1) is 0 Å². The summed E-state index contributed by atoms with van der Waals surface area (Å²) in [6.07, 6.45) is 1.20. The van der Waals surface area contributed by atoms with E-state index in [1.165, 1.54) is 22.5 Å². The lowest BCUT2D eigenvalue weighted by atomic mass is 10.2. The second-order valence-electron chi connectivity index (χ2n) is 4.54. The maximum atomic E-state index is 6.02. The molecular formula is C14H15ClN2S. The summed E-state index contributed by atoms with van der Waals surface area (Å²) >= 11 is 7.77. The fourth-order valence-corrected chi connectivity index (χ4v) is 3.26. The Bertz CT molecular complexity index is 532. The summed E-state index contributed by atoms with van der Waals surface area (Å²) < 4.78 is 0. The van der Waals surface area contributed by atoms with Gasteiger partial charge in [0.15, 0.2) is 0 Å². The quantitative estimate of drug-likeness (QED) is 0.891. The van der Waals surface area contributed by atoms with Gasteiger partial charge >= 0.3 is 0 Å². The van der Waals surface area contributed by atoms with Crippen LogP contribution in [0.5, 0.6) is 0 Å². The van der Waals surface area contributed by atoms with E-state index >= 15 is 0 Å². The molecule has 1 aromatic heterocycles. The number of rotatable bonds is 3. The number of halogens is 1. The molecule has 1 fully saturated rings. The van der Waals surface area contributed by atoms with Gasteiger partial charge in [0.25, 0.3) is 0 Å². The molecule has 0 spiro atoms. The number of benzene rings is 1. The van der Waals surface area contributed by atoms with Crippen molar-refractivity contribution in [2.45, 2.75) is 12.5 Å². The van der Waals surface area contributed by atoms with E-state index in [0.717, 1.165) is 18.1 Å². The predicted molar refractivity (Wildman–Crippen MR) is 79.7 cm³/mol. The minimum atomic E-state index is 0.562. The van der Waals surface area contributed by atoms with Crippen molar-refractivity contribution in [3.63, 3.8) is 0 Å². The van der Waals surface area contributed by atoms with Gasteiger partial charge in [0.05, 0.1) is 0 Å². The van der Waals surface area contributed by atoms with Gasteiger partial charge in [-0.1, -0.05) is 23.7 Å². The van der Waals surface area contributed by atoms with Gasteiger partial charge in [-0.15, -0.1) is 11.3 Å². The van der Waals surface area contributed by atoms with E-state index in [2.05, 4.69) is 28.1 Å². The molecule has 2 N–H and O–H groups in total. The van der Waals surface area contributed by atoms with Crippen molar-refractivity contribution in [1.82, 2.24) is 5.32 Å². The second-order valence-corrected chi connectivity index (χ2v) is 5.89. The summed E-state index contributed by atoms with van der Waals surface area (Å²) in [5, 5.41) is 9.89.